The van der Waals surface area contributed by atoms with Crippen LogP contribution in [0.3, 0.4) is 0 Å². The van der Waals surface area contributed by atoms with Gasteiger partial charge in [-0.1, -0.05) is 41.9 Å². The molecule has 0 aliphatic rings. The molecular weight excluding hydrogens is 292 g/mol. The fourth-order valence-electron chi connectivity index (χ4n) is 1.90. The Morgan fingerprint density at radius 3 is 1.79 bits per heavy atom. The molecule has 0 radical (unpaired) electrons. The summed E-state index contributed by atoms with van der Waals surface area (Å²) in [6.07, 6.45) is 8.67. The normalized spacial score (nSPS) is 8.96. The maximum absolute atomic E-state index is 5.33. The smallest absolute Gasteiger partial charge is 0.205 e. The Labute approximate surface area is 141 Å². The van der Waals surface area contributed by atoms with Gasteiger partial charge in [0.15, 0.2) is 0 Å². The summed E-state index contributed by atoms with van der Waals surface area (Å²) in [7, 11) is 0. The molecule has 3 aromatic rings. The summed E-state index contributed by atoms with van der Waals surface area (Å²) in [5.41, 5.74) is 3.40. The van der Waals surface area contributed by atoms with E-state index >= 15 is 0 Å². The summed E-state index contributed by atoms with van der Waals surface area (Å²) in [6.45, 7) is 0. The van der Waals surface area contributed by atoms with Gasteiger partial charge in [0, 0.05) is 29.1 Å². The minimum atomic E-state index is 0.475. The molecule has 3 rings (SSSR count). The summed E-state index contributed by atoms with van der Waals surface area (Å²) in [4.78, 5) is 8.44. The predicted octanol–water partition coefficient (Wildman–Crippen LogP) is 3.26. The standard InChI is InChI=1S/C22H12N2/c1-2-18-8-10-20(11-9-18)12-13-21-16-23-22(24-17-21)15-14-19-6-4-3-5-7-19/h1,3-11,16-17H. The zero-order valence-corrected chi connectivity index (χ0v) is 12.8. The number of hydrogen-bond acceptors (Lipinski definition) is 2. The second-order valence-corrected chi connectivity index (χ2v) is 4.88. The molecule has 24 heavy (non-hydrogen) atoms. The van der Waals surface area contributed by atoms with Crippen LogP contribution in [0.5, 0.6) is 0 Å². The number of terminal acetylenes is 1. The van der Waals surface area contributed by atoms with Gasteiger partial charge in [-0.05, 0) is 42.3 Å². The van der Waals surface area contributed by atoms with Crippen LogP contribution in [0.1, 0.15) is 28.1 Å². The average molecular weight is 304 g/mol. The fraction of sp³-hybridized carbons (Fsp3) is 0. The maximum atomic E-state index is 5.33. The Hall–Kier alpha value is -3.80. The molecule has 2 heteroatoms. The van der Waals surface area contributed by atoms with Crippen molar-refractivity contribution in [2.45, 2.75) is 0 Å². The second-order valence-electron chi connectivity index (χ2n) is 4.88. The van der Waals surface area contributed by atoms with Crippen molar-refractivity contribution in [1.82, 2.24) is 9.97 Å². The molecule has 2 aromatic carbocycles. The third-order valence-corrected chi connectivity index (χ3v) is 3.15. The van der Waals surface area contributed by atoms with E-state index in [0.717, 1.165) is 22.3 Å². The molecular formula is C22H12N2. The minimum Gasteiger partial charge on any atom is -0.228 e. The van der Waals surface area contributed by atoms with Crippen molar-refractivity contribution < 1.29 is 0 Å². The molecule has 0 spiro atoms. The lowest BCUT2D eigenvalue weighted by Crippen LogP contribution is -1.89. The van der Waals surface area contributed by atoms with Crippen molar-refractivity contribution in [3.8, 4) is 36.0 Å². The highest BCUT2D eigenvalue weighted by molar-refractivity contribution is 5.45. The molecule has 0 saturated heterocycles. The summed E-state index contributed by atoms with van der Waals surface area (Å²) >= 11 is 0. The van der Waals surface area contributed by atoms with Gasteiger partial charge in [-0.2, -0.15) is 0 Å². The van der Waals surface area contributed by atoms with Crippen LogP contribution >= 0.6 is 0 Å². The van der Waals surface area contributed by atoms with E-state index in [2.05, 4.69) is 39.6 Å². The summed E-state index contributed by atoms with van der Waals surface area (Å²) in [6, 6.07) is 17.2. The lowest BCUT2D eigenvalue weighted by Gasteiger charge is -1.92. The lowest BCUT2D eigenvalue weighted by molar-refractivity contribution is 1.12. The summed E-state index contributed by atoms with van der Waals surface area (Å²) < 4.78 is 0. The number of hydrogen-bond donors (Lipinski definition) is 0. The monoisotopic (exact) mass is 304 g/mol. The van der Waals surface area contributed by atoms with Crippen LogP contribution in [0, 0.1) is 36.0 Å². The Morgan fingerprint density at radius 2 is 1.12 bits per heavy atom. The molecule has 2 nitrogen and oxygen atoms in total. The number of nitrogens with zero attached hydrogens (tertiary/aromatic N) is 2. The van der Waals surface area contributed by atoms with Gasteiger partial charge in [-0.25, -0.2) is 9.97 Å². The van der Waals surface area contributed by atoms with E-state index in [0.29, 0.717) is 5.82 Å². The van der Waals surface area contributed by atoms with Gasteiger partial charge >= 0.3 is 0 Å². The Kier molecular flexibility index (Phi) is 4.70. The third-order valence-electron chi connectivity index (χ3n) is 3.15. The van der Waals surface area contributed by atoms with Gasteiger partial charge in [-0.3, -0.25) is 0 Å². The van der Waals surface area contributed by atoms with Crippen molar-refractivity contribution >= 4 is 0 Å². The fourth-order valence-corrected chi connectivity index (χ4v) is 1.90. The first-order valence-electron chi connectivity index (χ1n) is 7.31. The molecule has 1 heterocycles. The number of rotatable bonds is 0. The van der Waals surface area contributed by atoms with Crippen molar-refractivity contribution in [3.05, 3.63) is 95.1 Å². The Bertz CT molecular complexity index is 986. The van der Waals surface area contributed by atoms with Crippen molar-refractivity contribution in [2.24, 2.45) is 0 Å². The zero-order valence-electron chi connectivity index (χ0n) is 12.8. The van der Waals surface area contributed by atoms with E-state index in [1.165, 1.54) is 0 Å². The van der Waals surface area contributed by atoms with Crippen LogP contribution in [0.4, 0.5) is 0 Å². The maximum Gasteiger partial charge on any atom is 0.205 e. The van der Waals surface area contributed by atoms with Gasteiger partial charge in [0.05, 0.1) is 5.56 Å². The SMILES string of the molecule is C#Cc1ccc(C#Cc2cnc(C#Cc3ccccc3)nc2)cc1. The Morgan fingerprint density at radius 1 is 0.583 bits per heavy atom. The largest absolute Gasteiger partial charge is 0.228 e. The molecule has 0 saturated carbocycles. The van der Waals surface area contributed by atoms with Crippen LogP contribution < -0.4 is 0 Å². The van der Waals surface area contributed by atoms with Gasteiger partial charge in [-0.15, -0.1) is 6.42 Å². The minimum absolute atomic E-state index is 0.475. The van der Waals surface area contributed by atoms with E-state index < -0.39 is 0 Å². The first-order valence-corrected chi connectivity index (χ1v) is 7.31. The highest BCUT2D eigenvalue weighted by atomic mass is 14.8. The summed E-state index contributed by atoms with van der Waals surface area (Å²) in [5, 5.41) is 0. The zero-order chi connectivity index (χ0) is 16.6. The molecule has 0 atom stereocenters. The first-order chi connectivity index (χ1) is 11.8. The van der Waals surface area contributed by atoms with E-state index in [-0.39, 0.29) is 0 Å². The van der Waals surface area contributed by atoms with Crippen molar-refractivity contribution in [3.63, 3.8) is 0 Å². The first kappa shape index (κ1) is 15.1. The van der Waals surface area contributed by atoms with Gasteiger partial charge < -0.3 is 0 Å². The molecule has 0 fully saturated rings. The predicted molar refractivity (Wildman–Crippen MR) is 94.8 cm³/mol. The molecule has 0 amide bonds. The molecule has 1 aromatic heterocycles. The van der Waals surface area contributed by atoms with E-state index in [4.69, 9.17) is 6.42 Å². The van der Waals surface area contributed by atoms with Gasteiger partial charge in [0.1, 0.15) is 0 Å². The number of benzene rings is 2. The number of aromatic nitrogens is 2. The molecule has 0 aliphatic heterocycles. The summed E-state index contributed by atoms with van der Waals surface area (Å²) in [5.74, 6) is 15.1. The quantitative estimate of drug-likeness (QED) is 0.596. The van der Waals surface area contributed by atoms with E-state index in [1.807, 2.05) is 54.6 Å². The molecule has 0 unspecified atom stereocenters. The van der Waals surface area contributed by atoms with Crippen LogP contribution in [-0.4, -0.2) is 9.97 Å². The van der Waals surface area contributed by atoms with Gasteiger partial charge in [0.25, 0.3) is 0 Å². The molecule has 0 N–H and O–H groups in total. The topological polar surface area (TPSA) is 25.8 Å². The average Bonchev–Trinajstić information content (AvgIpc) is 2.67. The van der Waals surface area contributed by atoms with Crippen molar-refractivity contribution in [1.29, 1.82) is 0 Å². The van der Waals surface area contributed by atoms with Crippen LogP contribution in [-0.2, 0) is 0 Å². The third kappa shape index (κ3) is 4.11. The van der Waals surface area contributed by atoms with Crippen LogP contribution in [0.2, 0.25) is 0 Å². The van der Waals surface area contributed by atoms with Crippen LogP contribution in [0.15, 0.2) is 67.0 Å². The second kappa shape index (κ2) is 7.46. The van der Waals surface area contributed by atoms with E-state index in [9.17, 15) is 0 Å². The molecule has 0 bridgehead atoms. The Balaban J connectivity index is 1.72. The van der Waals surface area contributed by atoms with E-state index in [1.54, 1.807) is 12.4 Å². The molecule has 110 valence electrons. The van der Waals surface area contributed by atoms with Crippen LogP contribution in [0.25, 0.3) is 0 Å². The highest BCUT2D eigenvalue weighted by Crippen LogP contribution is 2.02. The van der Waals surface area contributed by atoms with Gasteiger partial charge in [0.2, 0.25) is 5.82 Å². The highest BCUT2D eigenvalue weighted by Gasteiger charge is 1.93. The lowest BCUT2D eigenvalue weighted by atomic mass is 10.1. The van der Waals surface area contributed by atoms with Crippen molar-refractivity contribution in [2.75, 3.05) is 0 Å². The molecule has 0 aliphatic carbocycles.